The third-order valence-corrected chi connectivity index (χ3v) is 4.38. The van der Waals surface area contributed by atoms with Gasteiger partial charge in [-0.1, -0.05) is 55.3 Å². The maximum Gasteiger partial charge on any atom is 0.0783 e. The smallest absolute Gasteiger partial charge is 0.0783 e. The first-order valence-corrected chi connectivity index (χ1v) is 7.20. The van der Waals surface area contributed by atoms with Gasteiger partial charge in [-0.05, 0) is 24.3 Å². The Kier molecular flexibility index (Phi) is 2.51. The van der Waals surface area contributed by atoms with Crippen LogP contribution in [0.4, 0.5) is 0 Å². The van der Waals surface area contributed by atoms with Crippen LogP contribution in [0.1, 0.15) is 37.3 Å². The standard InChI is InChI=1S/C18H17N/c1-2-7-14(6-1)17-12-11-15-10-9-13-5-3-4-8-16(13)18(15)19-17/h3-5,8-12,14H,1-2,6-7H2. The highest BCUT2D eigenvalue weighted by Gasteiger charge is 2.18. The molecule has 1 heteroatoms. The lowest BCUT2D eigenvalue weighted by Gasteiger charge is -2.10. The molecule has 0 amide bonds. The Hall–Kier alpha value is -1.89. The third kappa shape index (κ3) is 1.81. The molecule has 4 rings (SSSR count). The monoisotopic (exact) mass is 247 g/mol. The molecule has 1 saturated carbocycles. The van der Waals surface area contributed by atoms with Crippen LogP contribution < -0.4 is 0 Å². The minimum atomic E-state index is 0.684. The summed E-state index contributed by atoms with van der Waals surface area (Å²) in [7, 11) is 0. The van der Waals surface area contributed by atoms with Crippen LogP contribution in [0, 0.1) is 0 Å². The SMILES string of the molecule is c1ccc2c(c1)ccc1ccc(C3CCCC3)nc12. The lowest BCUT2D eigenvalue weighted by Crippen LogP contribution is -1.96. The second kappa shape index (κ2) is 4.34. The summed E-state index contributed by atoms with van der Waals surface area (Å²) in [5.41, 5.74) is 2.46. The maximum atomic E-state index is 4.99. The molecule has 19 heavy (non-hydrogen) atoms. The van der Waals surface area contributed by atoms with Gasteiger partial charge in [0.15, 0.2) is 0 Å². The van der Waals surface area contributed by atoms with Gasteiger partial charge in [0.05, 0.1) is 5.52 Å². The summed E-state index contributed by atoms with van der Waals surface area (Å²) >= 11 is 0. The fourth-order valence-electron chi connectivity index (χ4n) is 3.32. The molecule has 1 aliphatic carbocycles. The quantitative estimate of drug-likeness (QED) is 0.549. The van der Waals surface area contributed by atoms with E-state index in [1.807, 2.05) is 0 Å². The molecule has 0 bridgehead atoms. The van der Waals surface area contributed by atoms with Crippen LogP contribution in [0.15, 0.2) is 48.5 Å². The maximum absolute atomic E-state index is 4.99. The van der Waals surface area contributed by atoms with E-state index in [-0.39, 0.29) is 0 Å². The Bertz CT molecular complexity index is 739. The molecule has 2 aromatic carbocycles. The summed E-state index contributed by atoms with van der Waals surface area (Å²) in [4.78, 5) is 4.99. The Balaban J connectivity index is 1.97. The molecule has 3 aromatic rings. The van der Waals surface area contributed by atoms with Crippen molar-refractivity contribution in [1.29, 1.82) is 0 Å². The molecule has 1 aromatic heterocycles. The van der Waals surface area contributed by atoms with Crippen molar-refractivity contribution in [3.63, 3.8) is 0 Å². The van der Waals surface area contributed by atoms with Gasteiger partial charge in [0.2, 0.25) is 0 Å². The van der Waals surface area contributed by atoms with Crippen LogP contribution in [-0.2, 0) is 0 Å². The predicted molar refractivity (Wildman–Crippen MR) is 80.5 cm³/mol. The van der Waals surface area contributed by atoms with Gasteiger partial charge in [0, 0.05) is 22.4 Å². The zero-order valence-electron chi connectivity index (χ0n) is 11.0. The summed E-state index contributed by atoms with van der Waals surface area (Å²) in [5.74, 6) is 0.684. The van der Waals surface area contributed by atoms with E-state index >= 15 is 0 Å². The van der Waals surface area contributed by atoms with Gasteiger partial charge in [0.1, 0.15) is 0 Å². The topological polar surface area (TPSA) is 12.9 Å². The molecule has 94 valence electrons. The van der Waals surface area contributed by atoms with Crippen molar-refractivity contribution in [3.05, 3.63) is 54.2 Å². The number of hydrogen-bond donors (Lipinski definition) is 0. The second-order valence-corrected chi connectivity index (χ2v) is 5.58. The number of aromatic nitrogens is 1. The van der Waals surface area contributed by atoms with Crippen molar-refractivity contribution in [2.75, 3.05) is 0 Å². The number of fused-ring (bicyclic) bond motifs is 3. The Morgan fingerprint density at radius 3 is 2.42 bits per heavy atom. The molecule has 0 unspecified atom stereocenters. The summed E-state index contributed by atoms with van der Waals surface area (Å²) in [5, 5.41) is 3.81. The normalized spacial score (nSPS) is 16.4. The van der Waals surface area contributed by atoms with Crippen LogP contribution >= 0.6 is 0 Å². The van der Waals surface area contributed by atoms with Crippen molar-refractivity contribution >= 4 is 21.7 Å². The Morgan fingerprint density at radius 2 is 1.53 bits per heavy atom. The molecule has 0 N–H and O–H groups in total. The summed E-state index contributed by atoms with van der Waals surface area (Å²) < 4.78 is 0. The first kappa shape index (κ1) is 11.0. The van der Waals surface area contributed by atoms with E-state index in [4.69, 9.17) is 4.98 Å². The molecule has 1 fully saturated rings. The number of hydrogen-bond acceptors (Lipinski definition) is 1. The number of nitrogens with zero attached hydrogens (tertiary/aromatic N) is 1. The highest BCUT2D eigenvalue weighted by molar-refractivity contribution is 6.05. The van der Waals surface area contributed by atoms with Crippen molar-refractivity contribution in [3.8, 4) is 0 Å². The minimum absolute atomic E-state index is 0.684. The molecule has 0 radical (unpaired) electrons. The van der Waals surface area contributed by atoms with Crippen molar-refractivity contribution in [2.45, 2.75) is 31.6 Å². The predicted octanol–water partition coefficient (Wildman–Crippen LogP) is 5.05. The first-order valence-electron chi connectivity index (χ1n) is 7.20. The van der Waals surface area contributed by atoms with E-state index in [0.717, 1.165) is 0 Å². The van der Waals surface area contributed by atoms with Crippen LogP contribution in [0.2, 0.25) is 0 Å². The highest BCUT2D eigenvalue weighted by atomic mass is 14.7. The summed E-state index contributed by atoms with van der Waals surface area (Å²) in [6.45, 7) is 0. The Labute approximate surface area is 113 Å². The number of benzene rings is 2. The van der Waals surface area contributed by atoms with Crippen molar-refractivity contribution < 1.29 is 0 Å². The molecule has 0 aliphatic heterocycles. The van der Waals surface area contributed by atoms with Gasteiger partial charge in [-0.3, -0.25) is 4.98 Å². The van der Waals surface area contributed by atoms with E-state index in [9.17, 15) is 0 Å². The van der Waals surface area contributed by atoms with Crippen molar-refractivity contribution in [2.24, 2.45) is 0 Å². The second-order valence-electron chi connectivity index (χ2n) is 5.58. The van der Waals surface area contributed by atoms with Crippen LogP contribution in [0.3, 0.4) is 0 Å². The fourth-order valence-corrected chi connectivity index (χ4v) is 3.32. The molecule has 1 heterocycles. The van der Waals surface area contributed by atoms with Gasteiger partial charge < -0.3 is 0 Å². The van der Waals surface area contributed by atoms with Crippen molar-refractivity contribution in [1.82, 2.24) is 4.98 Å². The largest absolute Gasteiger partial charge is 0.252 e. The zero-order chi connectivity index (χ0) is 12.7. The minimum Gasteiger partial charge on any atom is -0.252 e. The molecule has 1 aliphatic rings. The molecular formula is C18H17N. The third-order valence-electron chi connectivity index (χ3n) is 4.38. The van der Waals surface area contributed by atoms with Gasteiger partial charge in [-0.2, -0.15) is 0 Å². The van der Waals surface area contributed by atoms with Gasteiger partial charge >= 0.3 is 0 Å². The molecule has 0 spiro atoms. The molecule has 0 atom stereocenters. The van der Waals surface area contributed by atoms with Crippen LogP contribution in [-0.4, -0.2) is 4.98 Å². The first-order chi connectivity index (χ1) is 9.42. The van der Waals surface area contributed by atoms with Gasteiger partial charge in [-0.15, -0.1) is 0 Å². The lowest BCUT2D eigenvalue weighted by atomic mass is 10.0. The average Bonchev–Trinajstić information content (AvgIpc) is 3.01. The van der Waals surface area contributed by atoms with Crippen LogP contribution in [0.25, 0.3) is 21.7 Å². The Morgan fingerprint density at radius 1 is 0.789 bits per heavy atom. The average molecular weight is 247 g/mol. The van der Waals surface area contributed by atoms with Crippen LogP contribution in [0.5, 0.6) is 0 Å². The van der Waals surface area contributed by atoms with Gasteiger partial charge in [-0.25, -0.2) is 0 Å². The number of rotatable bonds is 1. The van der Waals surface area contributed by atoms with E-state index in [1.54, 1.807) is 0 Å². The van der Waals surface area contributed by atoms with E-state index in [2.05, 4.69) is 48.5 Å². The molecular weight excluding hydrogens is 230 g/mol. The van der Waals surface area contributed by atoms with E-state index < -0.39 is 0 Å². The number of pyridine rings is 1. The van der Waals surface area contributed by atoms with Gasteiger partial charge in [0.25, 0.3) is 0 Å². The molecule has 1 nitrogen and oxygen atoms in total. The van der Waals surface area contributed by atoms with E-state index in [0.29, 0.717) is 5.92 Å². The summed E-state index contributed by atoms with van der Waals surface area (Å²) in [6, 6.07) is 17.4. The lowest BCUT2D eigenvalue weighted by molar-refractivity contribution is 0.701. The van der Waals surface area contributed by atoms with E-state index in [1.165, 1.54) is 53.1 Å². The highest BCUT2D eigenvalue weighted by Crippen LogP contribution is 2.34. The summed E-state index contributed by atoms with van der Waals surface area (Å²) in [6.07, 6.45) is 5.34. The molecule has 0 saturated heterocycles. The zero-order valence-corrected chi connectivity index (χ0v) is 11.0. The fraction of sp³-hybridized carbons (Fsp3) is 0.278.